The number of hydrogen-bond donors (Lipinski definition) is 3. The fraction of sp³-hybridized carbons (Fsp3) is 0.889. The summed E-state index contributed by atoms with van der Waals surface area (Å²) in [5, 5.41) is 10.6. The summed E-state index contributed by atoms with van der Waals surface area (Å²) < 4.78 is 68.3. The summed E-state index contributed by atoms with van der Waals surface area (Å²) in [7, 11) is -9.92. The molecule has 536 valence electrons. The van der Waals surface area contributed by atoms with E-state index >= 15 is 0 Å². The van der Waals surface area contributed by atoms with Crippen molar-refractivity contribution in [2.24, 2.45) is 17.8 Å². The zero-order valence-electron chi connectivity index (χ0n) is 58.8. The molecule has 0 aliphatic heterocycles. The number of hydrogen-bond acceptors (Lipinski definition) is 15. The molecule has 5 atom stereocenters. The van der Waals surface area contributed by atoms with Gasteiger partial charge in [0.05, 0.1) is 26.4 Å². The van der Waals surface area contributed by atoms with E-state index in [0.29, 0.717) is 31.6 Å². The number of carbonyl (C=O) groups is 4. The van der Waals surface area contributed by atoms with Crippen molar-refractivity contribution in [1.29, 1.82) is 0 Å². The van der Waals surface area contributed by atoms with E-state index in [1.54, 1.807) is 0 Å². The van der Waals surface area contributed by atoms with Crippen molar-refractivity contribution in [2.45, 2.75) is 356 Å². The summed E-state index contributed by atoms with van der Waals surface area (Å²) in [6.45, 7) is 11.7. The second-order valence-corrected chi connectivity index (χ2v) is 29.6. The predicted octanol–water partition coefficient (Wildman–Crippen LogP) is 20.2. The lowest BCUT2D eigenvalue weighted by atomic mass is 10.0. The molecule has 0 rings (SSSR count). The largest absolute Gasteiger partial charge is 0.472 e. The number of esters is 4. The van der Waals surface area contributed by atoms with Crippen molar-refractivity contribution in [1.82, 2.24) is 0 Å². The molecule has 0 aromatic heterocycles. The Bertz CT molecular complexity index is 1880. The van der Waals surface area contributed by atoms with E-state index < -0.39 is 97.5 Å². The molecular weight excluding hydrogens is 1200 g/mol. The molecule has 0 aromatic carbocycles. The Balaban J connectivity index is 5.29. The van der Waals surface area contributed by atoms with Gasteiger partial charge in [-0.15, -0.1) is 0 Å². The van der Waals surface area contributed by atoms with Gasteiger partial charge in [-0.3, -0.25) is 37.3 Å². The average Bonchev–Trinajstić information content (AvgIpc) is 3.66. The minimum Gasteiger partial charge on any atom is -0.462 e. The van der Waals surface area contributed by atoms with Gasteiger partial charge in [0, 0.05) is 25.7 Å². The van der Waals surface area contributed by atoms with Crippen molar-refractivity contribution in [2.75, 3.05) is 39.6 Å². The smallest absolute Gasteiger partial charge is 0.462 e. The molecule has 3 N–H and O–H groups in total. The van der Waals surface area contributed by atoms with Crippen LogP contribution >= 0.6 is 15.6 Å². The van der Waals surface area contributed by atoms with Gasteiger partial charge in [-0.05, 0) is 69.1 Å². The van der Waals surface area contributed by atoms with Gasteiger partial charge in [0.1, 0.15) is 19.3 Å². The number of unbranched alkanes of at least 4 members (excludes halogenated alkanes) is 33. The van der Waals surface area contributed by atoms with Crippen LogP contribution in [0.3, 0.4) is 0 Å². The molecular formula is C72H136O17P2. The standard InChI is InChI=1S/C72H136O17P2/c1-8-9-10-11-12-13-14-15-16-17-20-25-33-41-48-55-71(76)88-67(59-82-69(74)53-46-39-32-27-22-24-30-37-44-51-64(4)5)61-86-90(78,79)84-57-66(73)58-85-91(80,81)87-62-68(60-83-70(75)54-47-40-35-28-31-38-45-52-65(6)7)89-72(77)56-49-42-34-26-21-18-19-23-29-36-43-50-63(2)3/h13-16,63-68,73H,8-12,17-62H2,1-7H3,(H,78,79)(H,80,81)/b14-13-,16-15-/t66?,67-,68-/m1/s1. The number of phosphoric ester groups is 2. The maximum absolute atomic E-state index is 13.0. The van der Waals surface area contributed by atoms with Crippen molar-refractivity contribution >= 4 is 39.5 Å². The van der Waals surface area contributed by atoms with Gasteiger partial charge in [-0.2, -0.15) is 0 Å². The Morgan fingerprint density at radius 2 is 0.593 bits per heavy atom. The lowest BCUT2D eigenvalue weighted by molar-refractivity contribution is -0.161. The van der Waals surface area contributed by atoms with Crippen molar-refractivity contribution < 1.29 is 80.2 Å². The van der Waals surface area contributed by atoms with E-state index in [0.717, 1.165) is 121 Å². The van der Waals surface area contributed by atoms with Crippen LogP contribution in [0.5, 0.6) is 0 Å². The van der Waals surface area contributed by atoms with Gasteiger partial charge in [0.2, 0.25) is 0 Å². The van der Waals surface area contributed by atoms with Crippen LogP contribution in [-0.2, 0) is 65.4 Å². The first-order valence-corrected chi connectivity index (χ1v) is 39.7. The SMILES string of the molecule is CCCCCC/C=C\C=C/CCCCCCCC(=O)O[C@H](COC(=O)CCCCCCCCCCCC(C)C)COP(=O)(O)OCC(O)COP(=O)(O)OC[C@@H](COC(=O)CCCCCCCCCC(C)C)OC(=O)CCCCCCCCCCCCCC(C)C. The molecule has 19 heteroatoms. The number of phosphoric acid groups is 2. The van der Waals surface area contributed by atoms with Crippen LogP contribution in [0.15, 0.2) is 24.3 Å². The molecule has 17 nitrogen and oxygen atoms in total. The first kappa shape index (κ1) is 88.5. The first-order chi connectivity index (χ1) is 43.7. The number of allylic oxidation sites excluding steroid dienone is 4. The maximum atomic E-state index is 13.0. The molecule has 0 radical (unpaired) electrons. The highest BCUT2D eigenvalue weighted by Gasteiger charge is 2.30. The van der Waals surface area contributed by atoms with Crippen molar-refractivity contribution in [3.8, 4) is 0 Å². The minimum absolute atomic E-state index is 0.0842. The third kappa shape index (κ3) is 66.0. The monoisotopic (exact) mass is 1330 g/mol. The summed E-state index contributed by atoms with van der Waals surface area (Å²) in [4.78, 5) is 72.6. The molecule has 0 aliphatic rings. The van der Waals surface area contributed by atoms with E-state index in [1.807, 2.05) is 0 Å². The topological polar surface area (TPSA) is 237 Å². The Hall–Kier alpha value is -2.46. The average molecular weight is 1340 g/mol. The van der Waals surface area contributed by atoms with Crippen LogP contribution < -0.4 is 0 Å². The van der Waals surface area contributed by atoms with Gasteiger partial charge in [0.15, 0.2) is 12.2 Å². The first-order valence-electron chi connectivity index (χ1n) is 36.7. The van der Waals surface area contributed by atoms with Gasteiger partial charge in [-0.1, -0.05) is 285 Å². The highest BCUT2D eigenvalue weighted by atomic mass is 31.2. The van der Waals surface area contributed by atoms with E-state index in [2.05, 4.69) is 72.8 Å². The van der Waals surface area contributed by atoms with E-state index in [-0.39, 0.29) is 25.7 Å². The van der Waals surface area contributed by atoms with Gasteiger partial charge in [0.25, 0.3) is 0 Å². The molecule has 0 amide bonds. The molecule has 0 saturated heterocycles. The second kappa shape index (κ2) is 62.4. The lowest BCUT2D eigenvalue weighted by Gasteiger charge is -2.21. The van der Waals surface area contributed by atoms with Crippen LogP contribution in [0.25, 0.3) is 0 Å². The zero-order valence-corrected chi connectivity index (χ0v) is 60.6. The van der Waals surface area contributed by atoms with E-state index in [9.17, 15) is 43.2 Å². The Morgan fingerprint density at radius 3 is 0.890 bits per heavy atom. The number of rotatable bonds is 68. The predicted molar refractivity (Wildman–Crippen MR) is 367 cm³/mol. The summed E-state index contributed by atoms with van der Waals surface area (Å²) in [6.07, 6.45) is 49.4. The van der Waals surface area contributed by atoms with Crippen LogP contribution in [-0.4, -0.2) is 96.7 Å². The molecule has 0 bridgehead atoms. The highest BCUT2D eigenvalue weighted by molar-refractivity contribution is 7.47. The lowest BCUT2D eigenvalue weighted by Crippen LogP contribution is -2.30. The molecule has 0 heterocycles. The van der Waals surface area contributed by atoms with Crippen molar-refractivity contribution in [3.63, 3.8) is 0 Å². The zero-order chi connectivity index (χ0) is 67.3. The molecule has 0 fully saturated rings. The third-order valence-electron chi connectivity index (χ3n) is 16.0. The van der Waals surface area contributed by atoms with E-state index in [1.165, 1.54) is 128 Å². The molecule has 0 spiro atoms. The van der Waals surface area contributed by atoms with Gasteiger partial charge < -0.3 is 33.8 Å². The Labute approximate surface area is 554 Å². The summed E-state index contributed by atoms with van der Waals surface area (Å²) in [5.74, 6) is 0.0528. The Morgan fingerprint density at radius 1 is 0.341 bits per heavy atom. The molecule has 3 unspecified atom stereocenters. The number of aliphatic hydroxyl groups is 1. The van der Waals surface area contributed by atoms with Gasteiger partial charge in [-0.25, -0.2) is 9.13 Å². The number of ether oxygens (including phenoxy) is 4. The Kier molecular flexibility index (Phi) is 60.7. The maximum Gasteiger partial charge on any atom is 0.472 e. The summed E-state index contributed by atoms with van der Waals surface area (Å²) in [5.41, 5.74) is 0. The second-order valence-electron chi connectivity index (χ2n) is 26.7. The van der Waals surface area contributed by atoms with Crippen LogP contribution in [0, 0.1) is 17.8 Å². The van der Waals surface area contributed by atoms with Crippen LogP contribution in [0.4, 0.5) is 0 Å². The normalized spacial score (nSPS) is 14.3. The van der Waals surface area contributed by atoms with Crippen LogP contribution in [0.1, 0.15) is 337 Å². The minimum atomic E-state index is -4.96. The fourth-order valence-corrected chi connectivity index (χ4v) is 11.9. The summed E-state index contributed by atoms with van der Waals surface area (Å²) in [6, 6.07) is 0. The van der Waals surface area contributed by atoms with E-state index in [4.69, 9.17) is 37.0 Å². The summed E-state index contributed by atoms with van der Waals surface area (Å²) >= 11 is 0. The number of aliphatic hydroxyl groups excluding tert-OH is 1. The van der Waals surface area contributed by atoms with Crippen LogP contribution in [0.2, 0.25) is 0 Å². The third-order valence-corrected chi connectivity index (χ3v) is 17.9. The van der Waals surface area contributed by atoms with Gasteiger partial charge >= 0.3 is 39.5 Å². The molecule has 91 heavy (non-hydrogen) atoms. The highest BCUT2D eigenvalue weighted by Crippen LogP contribution is 2.45. The molecule has 0 aliphatic carbocycles. The fourth-order valence-electron chi connectivity index (χ4n) is 10.4. The molecule has 0 saturated carbocycles. The quantitative estimate of drug-likeness (QED) is 0.0169. The molecule has 0 aromatic rings. The van der Waals surface area contributed by atoms with Crippen molar-refractivity contribution in [3.05, 3.63) is 24.3 Å². The number of carbonyl (C=O) groups excluding carboxylic acids is 4.